The van der Waals surface area contributed by atoms with Gasteiger partial charge in [-0.1, -0.05) is 23.7 Å². The number of carbonyl (C=O) groups excluding carboxylic acids is 2. The Bertz CT molecular complexity index is 619. The lowest BCUT2D eigenvalue weighted by atomic mass is 10.1. The van der Waals surface area contributed by atoms with Crippen LogP contribution in [0.4, 0.5) is 0 Å². The molecule has 0 radical (unpaired) electrons. The second-order valence-corrected chi connectivity index (χ2v) is 4.53. The molecule has 2 rings (SSSR count). The number of hydrogen-bond acceptors (Lipinski definition) is 3. The molecule has 1 heterocycles. The highest BCUT2D eigenvalue weighted by Crippen LogP contribution is 2.17. The third-order valence-electron chi connectivity index (χ3n) is 2.73. The molecule has 0 saturated heterocycles. The normalized spacial score (nSPS) is 10.2. The lowest BCUT2D eigenvalue weighted by molar-refractivity contribution is -0.120. The van der Waals surface area contributed by atoms with Gasteiger partial charge < -0.3 is 9.30 Å². The van der Waals surface area contributed by atoms with Crippen molar-refractivity contribution in [1.82, 2.24) is 4.57 Å². The highest BCUT2D eigenvalue weighted by atomic mass is 35.5. The van der Waals surface area contributed by atoms with Crippen molar-refractivity contribution in [3.63, 3.8) is 0 Å². The van der Waals surface area contributed by atoms with Crippen molar-refractivity contribution in [2.45, 2.75) is 13.5 Å². The van der Waals surface area contributed by atoms with Gasteiger partial charge in [-0.05, 0) is 19.1 Å². The Morgan fingerprint density at radius 3 is 2.89 bits per heavy atom. The van der Waals surface area contributed by atoms with Crippen LogP contribution in [0.2, 0.25) is 5.02 Å². The molecule has 19 heavy (non-hydrogen) atoms. The number of ketones is 1. The van der Waals surface area contributed by atoms with Crippen LogP contribution in [-0.2, 0) is 11.3 Å². The van der Waals surface area contributed by atoms with Gasteiger partial charge in [-0.2, -0.15) is 0 Å². The maximum Gasteiger partial charge on any atom is 0.298 e. The van der Waals surface area contributed by atoms with Gasteiger partial charge in [0.15, 0.2) is 5.78 Å². The van der Waals surface area contributed by atoms with Crippen molar-refractivity contribution in [3.8, 4) is 5.75 Å². The van der Waals surface area contributed by atoms with Crippen LogP contribution < -0.4 is 4.74 Å². The van der Waals surface area contributed by atoms with Crippen LogP contribution in [0.1, 0.15) is 16.1 Å². The Balaban J connectivity index is 2.16. The molecule has 0 unspecified atom stereocenters. The quantitative estimate of drug-likeness (QED) is 0.624. The van der Waals surface area contributed by atoms with Gasteiger partial charge in [0.05, 0.1) is 6.54 Å². The minimum Gasteiger partial charge on any atom is -0.427 e. The first kappa shape index (κ1) is 13.4. The molecule has 0 saturated carbocycles. The zero-order valence-corrected chi connectivity index (χ0v) is 11.1. The van der Waals surface area contributed by atoms with E-state index >= 15 is 0 Å². The first-order valence-electron chi connectivity index (χ1n) is 5.66. The van der Waals surface area contributed by atoms with Crippen molar-refractivity contribution in [2.24, 2.45) is 0 Å². The van der Waals surface area contributed by atoms with Gasteiger partial charge in [0.25, 0.3) is 6.47 Å². The molecule has 0 amide bonds. The lowest BCUT2D eigenvalue weighted by Gasteiger charge is -2.05. The summed E-state index contributed by atoms with van der Waals surface area (Å²) in [5.74, 6) is 0.366. The van der Waals surface area contributed by atoms with Gasteiger partial charge in [0.1, 0.15) is 5.75 Å². The monoisotopic (exact) mass is 277 g/mol. The zero-order valence-electron chi connectivity index (χ0n) is 10.3. The summed E-state index contributed by atoms with van der Waals surface area (Å²) in [6.45, 7) is 2.37. The SMILES string of the molecule is Cc1cc(OC=O)cn1CC(=O)c1cccc(Cl)c1. The van der Waals surface area contributed by atoms with Crippen molar-refractivity contribution >= 4 is 23.9 Å². The summed E-state index contributed by atoms with van der Waals surface area (Å²) in [5, 5.41) is 0.528. The Hall–Kier alpha value is -2.07. The molecule has 4 nitrogen and oxygen atoms in total. The van der Waals surface area contributed by atoms with Crippen LogP contribution in [0.3, 0.4) is 0 Å². The predicted molar refractivity (Wildman–Crippen MR) is 71.6 cm³/mol. The Morgan fingerprint density at radius 1 is 1.42 bits per heavy atom. The minimum absolute atomic E-state index is 0.0566. The molecular formula is C14H12ClNO3. The number of aromatic nitrogens is 1. The van der Waals surface area contributed by atoms with E-state index in [1.807, 2.05) is 6.92 Å². The van der Waals surface area contributed by atoms with Gasteiger partial charge in [-0.25, -0.2) is 0 Å². The van der Waals surface area contributed by atoms with Crippen molar-refractivity contribution < 1.29 is 14.3 Å². The summed E-state index contributed by atoms with van der Waals surface area (Å²) in [7, 11) is 0. The molecule has 1 aromatic heterocycles. The zero-order chi connectivity index (χ0) is 13.8. The van der Waals surface area contributed by atoms with Crippen LogP contribution >= 0.6 is 11.6 Å². The number of halogens is 1. The van der Waals surface area contributed by atoms with Gasteiger partial charge >= 0.3 is 0 Å². The lowest BCUT2D eigenvalue weighted by Crippen LogP contribution is -2.10. The molecule has 0 atom stereocenters. The number of nitrogens with zero attached hydrogens (tertiary/aromatic N) is 1. The van der Waals surface area contributed by atoms with E-state index in [1.54, 1.807) is 41.1 Å². The number of Topliss-reactive ketones (excluding diaryl/α,β-unsaturated/α-hetero) is 1. The molecular weight excluding hydrogens is 266 g/mol. The molecule has 0 N–H and O–H groups in total. The van der Waals surface area contributed by atoms with Crippen LogP contribution in [0, 0.1) is 6.92 Å². The summed E-state index contributed by atoms with van der Waals surface area (Å²) < 4.78 is 6.46. The molecule has 98 valence electrons. The fourth-order valence-corrected chi connectivity index (χ4v) is 1.97. The number of carbonyl (C=O) groups is 2. The van der Waals surface area contributed by atoms with E-state index < -0.39 is 0 Å². The Labute approximate surface area is 115 Å². The molecule has 0 fully saturated rings. The van der Waals surface area contributed by atoms with E-state index in [-0.39, 0.29) is 12.3 Å². The highest BCUT2D eigenvalue weighted by molar-refractivity contribution is 6.31. The van der Waals surface area contributed by atoms with Gasteiger partial charge in [-0.3, -0.25) is 9.59 Å². The van der Waals surface area contributed by atoms with Crippen molar-refractivity contribution in [3.05, 3.63) is 52.8 Å². The maximum absolute atomic E-state index is 12.1. The Morgan fingerprint density at radius 2 is 2.21 bits per heavy atom. The molecule has 5 heteroatoms. The fraction of sp³-hybridized carbons (Fsp3) is 0.143. The van der Waals surface area contributed by atoms with Gasteiger partial charge in [0, 0.05) is 28.5 Å². The van der Waals surface area contributed by atoms with Crippen LogP contribution in [0.15, 0.2) is 36.5 Å². The van der Waals surface area contributed by atoms with Crippen LogP contribution in [0.25, 0.3) is 0 Å². The van der Waals surface area contributed by atoms with E-state index in [0.717, 1.165) is 5.69 Å². The smallest absolute Gasteiger partial charge is 0.298 e. The molecule has 0 aliphatic rings. The van der Waals surface area contributed by atoms with Gasteiger partial charge in [-0.15, -0.1) is 0 Å². The number of hydrogen-bond donors (Lipinski definition) is 0. The first-order valence-corrected chi connectivity index (χ1v) is 6.04. The van der Waals surface area contributed by atoms with E-state index in [0.29, 0.717) is 22.8 Å². The summed E-state index contributed by atoms with van der Waals surface area (Å²) in [4.78, 5) is 22.4. The fourth-order valence-electron chi connectivity index (χ4n) is 1.78. The minimum atomic E-state index is -0.0566. The summed E-state index contributed by atoms with van der Waals surface area (Å²) >= 11 is 5.85. The largest absolute Gasteiger partial charge is 0.427 e. The number of ether oxygens (including phenoxy) is 1. The standard InChI is InChI=1S/C14H12ClNO3/c1-10-5-13(19-9-17)7-16(10)8-14(18)11-3-2-4-12(15)6-11/h2-7,9H,8H2,1H3. The van der Waals surface area contributed by atoms with Crippen molar-refractivity contribution in [1.29, 1.82) is 0 Å². The van der Waals surface area contributed by atoms with Gasteiger partial charge in [0.2, 0.25) is 0 Å². The van der Waals surface area contributed by atoms with E-state index in [9.17, 15) is 9.59 Å². The summed E-state index contributed by atoms with van der Waals surface area (Å²) in [6, 6.07) is 8.50. The number of benzene rings is 1. The second kappa shape index (κ2) is 5.71. The maximum atomic E-state index is 12.1. The highest BCUT2D eigenvalue weighted by Gasteiger charge is 2.10. The summed E-state index contributed by atoms with van der Waals surface area (Å²) in [5.41, 5.74) is 1.39. The second-order valence-electron chi connectivity index (χ2n) is 4.09. The average molecular weight is 278 g/mol. The number of aryl methyl sites for hydroxylation is 1. The predicted octanol–water partition coefficient (Wildman–Crippen LogP) is 2.87. The van der Waals surface area contributed by atoms with Crippen LogP contribution in [-0.4, -0.2) is 16.8 Å². The third-order valence-corrected chi connectivity index (χ3v) is 2.97. The van der Waals surface area contributed by atoms with E-state index in [1.165, 1.54) is 0 Å². The van der Waals surface area contributed by atoms with E-state index in [4.69, 9.17) is 16.3 Å². The summed E-state index contributed by atoms with van der Waals surface area (Å²) in [6.07, 6.45) is 1.62. The first-order chi connectivity index (χ1) is 9.10. The van der Waals surface area contributed by atoms with Crippen LogP contribution in [0.5, 0.6) is 5.75 Å². The molecule has 0 spiro atoms. The molecule has 2 aromatic rings. The third kappa shape index (κ3) is 3.23. The molecule has 0 aliphatic carbocycles. The van der Waals surface area contributed by atoms with Crippen molar-refractivity contribution in [2.75, 3.05) is 0 Å². The molecule has 1 aromatic carbocycles. The van der Waals surface area contributed by atoms with E-state index in [2.05, 4.69) is 0 Å². The molecule has 0 bridgehead atoms. The number of rotatable bonds is 5. The molecule has 0 aliphatic heterocycles. The topological polar surface area (TPSA) is 48.3 Å². The Kier molecular flexibility index (Phi) is 4.02. The average Bonchev–Trinajstić information content (AvgIpc) is 2.70.